The number of primary amides is 2. The standard InChI is InChI=1S/C43H61N11O17/c1-20(2)35(48-22(4)55)43(71)54-14-8-11-29(54)42(70)46-19-31(57)49-24(12-13-30(44)56)38(66)51-26(15-23-9-6-5-7-10-23)40(68)53-28(18-34(62)63)41(69)52-27(17-33(60)61)39(67)47-21(3)37(65)50-25(36(45)64)16-32(58)59/h5-7,9-10,20-21,24-29,35H,8,11-19H2,1-4H3,(H2,44,56)(H2,45,64)(H,46,70)(H,47,67)(H,48,55)(H,49,57)(H,50,65)(H,51,66)(H,52,69)(H,53,68)(H,58,59)(H,60,61)(H,62,63)/t21-,24-,25-,26-,27-,28-,29-,35-/m0/s1. The summed E-state index contributed by atoms with van der Waals surface area (Å²) >= 11 is 0. The molecular formula is C43H61N11O17. The first-order valence-electron chi connectivity index (χ1n) is 22.1. The molecule has 71 heavy (non-hydrogen) atoms. The molecule has 0 saturated carbocycles. The van der Waals surface area contributed by atoms with Crippen LogP contribution in [0.15, 0.2) is 30.3 Å². The van der Waals surface area contributed by atoms with Crippen LogP contribution in [0.1, 0.15) is 78.2 Å². The zero-order chi connectivity index (χ0) is 53.7. The number of likely N-dealkylation sites (tertiary alicyclic amines) is 1. The first-order valence-corrected chi connectivity index (χ1v) is 22.1. The van der Waals surface area contributed by atoms with Crippen molar-refractivity contribution in [2.45, 2.75) is 127 Å². The minimum absolute atomic E-state index is 0.200. The number of carboxylic acids is 3. The molecule has 0 radical (unpaired) electrons. The summed E-state index contributed by atoms with van der Waals surface area (Å²) < 4.78 is 0. The molecule has 0 spiro atoms. The van der Waals surface area contributed by atoms with Crippen LogP contribution in [-0.2, 0) is 73.5 Å². The molecule has 1 saturated heterocycles. The molecule has 0 bridgehead atoms. The third-order valence-corrected chi connectivity index (χ3v) is 10.6. The Balaban J connectivity index is 2.32. The van der Waals surface area contributed by atoms with Gasteiger partial charge in [0.2, 0.25) is 65.0 Å². The fourth-order valence-electron chi connectivity index (χ4n) is 7.02. The predicted octanol–water partition coefficient (Wildman–Crippen LogP) is -5.40. The summed E-state index contributed by atoms with van der Waals surface area (Å²) in [6.45, 7) is 5.20. The zero-order valence-corrected chi connectivity index (χ0v) is 39.3. The molecule has 1 aliphatic rings. The SMILES string of the molecule is CC(=O)N[C@H](C(=O)N1CCC[C@H]1C(=O)NCC(=O)N[C@@H](CCC(N)=O)C(=O)N[C@@H](Cc1ccccc1)C(=O)N[C@@H](CC(=O)O)C(=O)N[C@@H](CC(=O)O)C(=O)N[C@@H](C)C(=O)N[C@@H](CC(=O)O)C(N)=O)C(C)C. The summed E-state index contributed by atoms with van der Waals surface area (Å²) in [5.41, 5.74) is 10.8. The van der Waals surface area contributed by atoms with Crippen molar-refractivity contribution in [2.24, 2.45) is 17.4 Å². The smallest absolute Gasteiger partial charge is 0.305 e. The molecule has 11 amide bonds. The van der Waals surface area contributed by atoms with E-state index in [1.54, 1.807) is 44.2 Å². The quantitative estimate of drug-likeness (QED) is 0.0356. The van der Waals surface area contributed by atoms with Crippen molar-refractivity contribution in [2.75, 3.05) is 13.1 Å². The third kappa shape index (κ3) is 20.5. The van der Waals surface area contributed by atoms with Crippen LogP contribution in [0.4, 0.5) is 0 Å². The van der Waals surface area contributed by atoms with E-state index in [1.165, 1.54) is 11.8 Å². The maximum Gasteiger partial charge on any atom is 0.305 e. The number of nitrogens with zero attached hydrogens (tertiary/aromatic N) is 1. The number of benzene rings is 1. The van der Waals surface area contributed by atoms with Gasteiger partial charge in [-0.15, -0.1) is 0 Å². The Morgan fingerprint density at radius 3 is 1.63 bits per heavy atom. The van der Waals surface area contributed by atoms with Crippen LogP contribution in [0.2, 0.25) is 0 Å². The molecule has 1 aliphatic heterocycles. The summed E-state index contributed by atoms with van der Waals surface area (Å²) in [6.07, 6.45) is -3.81. The van der Waals surface area contributed by atoms with E-state index in [4.69, 9.17) is 16.6 Å². The Kier molecular flexibility index (Phi) is 23.5. The number of hydrogen-bond donors (Lipinski definition) is 13. The minimum Gasteiger partial charge on any atom is -0.481 e. The topological polar surface area (TPSA) is 451 Å². The highest BCUT2D eigenvalue weighted by Gasteiger charge is 2.39. The van der Waals surface area contributed by atoms with Gasteiger partial charge >= 0.3 is 17.9 Å². The van der Waals surface area contributed by atoms with Crippen molar-refractivity contribution in [1.82, 2.24) is 47.4 Å². The maximum absolute atomic E-state index is 14.0. The number of nitrogens with two attached hydrogens (primary N) is 2. The Labute approximate surface area is 405 Å². The van der Waals surface area contributed by atoms with E-state index in [0.717, 1.165) is 6.92 Å². The van der Waals surface area contributed by atoms with E-state index in [-0.39, 0.29) is 25.3 Å². The highest BCUT2D eigenvalue weighted by Crippen LogP contribution is 2.20. The second kappa shape index (κ2) is 28.3. The number of amides is 11. The molecule has 390 valence electrons. The Morgan fingerprint density at radius 1 is 0.634 bits per heavy atom. The molecule has 15 N–H and O–H groups in total. The average Bonchev–Trinajstić information content (AvgIpc) is 3.77. The molecule has 1 aromatic carbocycles. The van der Waals surface area contributed by atoms with Crippen molar-refractivity contribution < 1.29 is 82.4 Å². The van der Waals surface area contributed by atoms with Gasteiger partial charge in [0, 0.05) is 26.3 Å². The lowest BCUT2D eigenvalue weighted by atomic mass is 10.0. The van der Waals surface area contributed by atoms with Crippen LogP contribution in [-0.4, -0.2) is 165 Å². The Morgan fingerprint density at radius 2 is 1.13 bits per heavy atom. The maximum atomic E-state index is 14.0. The summed E-state index contributed by atoms with van der Waals surface area (Å²) in [4.78, 5) is 178. The van der Waals surface area contributed by atoms with Gasteiger partial charge in [0.25, 0.3) is 0 Å². The van der Waals surface area contributed by atoms with Crippen LogP contribution in [0, 0.1) is 5.92 Å². The molecule has 1 heterocycles. The highest BCUT2D eigenvalue weighted by atomic mass is 16.4. The zero-order valence-electron chi connectivity index (χ0n) is 39.3. The molecular weight excluding hydrogens is 943 g/mol. The first kappa shape index (κ1) is 58.9. The average molecular weight is 1000 g/mol. The van der Waals surface area contributed by atoms with Gasteiger partial charge in [0.1, 0.15) is 48.3 Å². The summed E-state index contributed by atoms with van der Waals surface area (Å²) in [6, 6.07) is -4.76. The van der Waals surface area contributed by atoms with E-state index in [2.05, 4.69) is 31.9 Å². The second-order valence-electron chi connectivity index (χ2n) is 16.8. The van der Waals surface area contributed by atoms with E-state index >= 15 is 0 Å². The molecule has 28 heteroatoms. The molecule has 28 nitrogen and oxygen atoms in total. The minimum atomic E-state index is -2.07. The number of carboxylic acid groups (broad SMARTS) is 3. The summed E-state index contributed by atoms with van der Waals surface area (Å²) in [5, 5.41) is 46.2. The number of carbonyl (C=O) groups excluding carboxylic acids is 11. The van der Waals surface area contributed by atoms with Crippen molar-refractivity contribution in [1.29, 1.82) is 0 Å². The predicted molar refractivity (Wildman–Crippen MR) is 242 cm³/mol. The van der Waals surface area contributed by atoms with Crippen LogP contribution in [0.5, 0.6) is 0 Å². The lowest BCUT2D eigenvalue weighted by Gasteiger charge is -2.30. The van der Waals surface area contributed by atoms with Crippen LogP contribution < -0.4 is 54.0 Å². The summed E-state index contributed by atoms with van der Waals surface area (Å²) in [5.74, 6) is -16.1. The van der Waals surface area contributed by atoms with Crippen molar-refractivity contribution >= 4 is 82.9 Å². The van der Waals surface area contributed by atoms with Gasteiger partial charge in [-0.3, -0.25) is 67.1 Å². The van der Waals surface area contributed by atoms with Crippen molar-refractivity contribution in [3.8, 4) is 0 Å². The number of nitrogens with one attached hydrogen (secondary N) is 8. The lowest BCUT2D eigenvalue weighted by molar-refractivity contribution is -0.143. The third-order valence-electron chi connectivity index (χ3n) is 10.6. The number of rotatable bonds is 29. The fourth-order valence-corrected chi connectivity index (χ4v) is 7.02. The fraction of sp³-hybridized carbons (Fsp3) is 0.535. The monoisotopic (exact) mass is 1000 g/mol. The molecule has 0 unspecified atom stereocenters. The van der Waals surface area contributed by atoms with E-state index in [0.29, 0.717) is 12.0 Å². The van der Waals surface area contributed by atoms with Crippen molar-refractivity contribution in [3.63, 3.8) is 0 Å². The Hall–Kier alpha value is -8.20. The van der Waals surface area contributed by atoms with Crippen LogP contribution in [0.3, 0.4) is 0 Å². The molecule has 0 aromatic heterocycles. The van der Waals surface area contributed by atoms with Crippen molar-refractivity contribution in [3.05, 3.63) is 35.9 Å². The highest BCUT2D eigenvalue weighted by molar-refractivity contribution is 6.00. The molecule has 2 rings (SSSR count). The van der Waals surface area contributed by atoms with Gasteiger partial charge in [-0.05, 0) is 37.7 Å². The first-order chi connectivity index (χ1) is 33.2. The van der Waals surface area contributed by atoms with Crippen LogP contribution >= 0.6 is 0 Å². The number of carbonyl (C=O) groups is 14. The van der Waals surface area contributed by atoms with Crippen LogP contribution in [0.25, 0.3) is 0 Å². The normalized spacial score (nSPS) is 15.9. The molecule has 0 aliphatic carbocycles. The molecule has 1 aromatic rings. The molecule has 1 fully saturated rings. The summed E-state index contributed by atoms with van der Waals surface area (Å²) in [7, 11) is 0. The number of hydrogen-bond acceptors (Lipinski definition) is 14. The van der Waals surface area contributed by atoms with E-state index < -0.39 is 170 Å². The second-order valence-corrected chi connectivity index (χ2v) is 16.8. The largest absolute Gasteiger partial charge is 0.481 e. The van der Waals surface area contributed by atoms with E-state index in [9.17, 15) is 77.3 Å². The van der Waals surface area contributed by atoms with Gasteiger partial charge in [-0.2, -0.15) is 0 Å². The van der Waals surface area contributed by atoms with Gasteiger partial charge in [0.15, 0.2) is 0 Å². The molecule has 8 atom stereocenters. The Bertz CT molecular complexity index is 2190. The van der Waals surface area contributed by atoms with Gasteiger partial charge in [-0.1, -0.05) is 44.2 Å². The van der Waals surface area contributed by atoms with Gasteiger partial charge in [-0.25, -0.2) is 0 Å². The number of aliphatic carboxylic acids is 3. The lowest BCUT2D eigenvalue weighted by Crippen LogP contribution is -2.60. The van der Waals surface area contributed by atoms with Gasteiger partial charge in [0.05, 0.1) is 25.8 Å². The van der Waals surface area contributed by atoms with Gasteiger partial charge < -0.3 is 74.2 Å². The van der Waals surface area contributed by atoms with E-state index in [1.807, 2.05) is 10.6 Å².